The maximum absolute atomic E-state index is 13.4. The number of rotatable bonds is 4. The fourth-order valence-corrected chi connectivity index (χ4v) is 4.81. The van der Waals surface area contributed by atoms with E-state index in [0.717, 1.165) is 36.3 Å². The zero-order chi connectivity index (χ0) is 19.1. The molecular weight excluding hydrogens is 352 g/mol. The van der Waals surface area contributed by atoms with Crippen LogP contribution in [0.5, 0.6) is 5.88 Å². The van der Waals surface area contributed by atoms with Crippen LogP contribution in [0.1, 0.15) is 35.3 Å². The lowest BCUT2D eigenvalue weighted by Gasteiger charge is -2.49. The minimum atomic E-state index is 0.125. The highest BCUT2D eigenvalue weighted by atomic mass is 16.5. The molecule has 144 valence electrons. The number of aromatic nitrogens is 3. The lowest BCUT2D eigenvalue weighted by Crippen LogP contribution is -2.55. The molecule has 0 N–H and O–H groups in total. The molecule has 2 bridgehead atoms. The van der Waals surface area contributed by atoms with E-state index in [1.54, 1.807) is 12.4 Å². The number of hydrogen-bond acceptors (Lipinski definition) is 4. The third kappa shape index (κ3) is 2.93. The van der Waals surface area contributed by atoms with Crippen LogP contribution in [0.3, 0.4) is 0 Å². The summed E-state index contributed by atoms with van der Waals surface area (Å²) in [5.41, 5.74) is 2.55. The highest BCUT2D eigenvalue weighted by molar-refractivity contribution is 5.95. The predicted molar refractivity (Wildman–Crippen MR) is 105 cm³/mol. The average Bonchev–Trinajstić information content (AvgIpc) is 3.21. The van der Waals surface area contributed by atoms with Crippen LogP contribution in [0.2, 0.25) is 0 Å². The second kappa shape index (κ2) is 6.93. The number of aryl methyl sites for hydroxylation is 1. The molecule has 0 aromatic carbocycles. The minimum absolute atomic E-state index is 0.125. The molecule has 1 aliphatic carbocycles. The lowest BCUT2D eigenvalue weighted by atomic mass is 9.72. The largest absolute Gasteiger partial charge is 0.477 e. The molecule has 3 atom stereocenters. The molecule has 0 spiro atoms. The molecule has 3 aliphatic rings. The predicted octanol–water partition coefficient (Wildman–Crippen LogP) is 3.36. The quantitative estimate of drug-likeness (QED) is 0.701. The summed E-state index contributed by atoms with van der Waals surface area (Å²) in [5.74, 6) is 1.77. The molecule has 1 amide bonds. The van der Waals surface area contributed by atoms with Gasteiger partial charge in [0.25, 0.3) is 5.91 Å². The van der Waals surface area contributed by atoms with Crippen LogP contribution in [-0.2, 0) is 0 Å². The van der Waals surface area contributed by atoms with Crippen LogP contribution in [0.15, 0.2) is 48.9 Å². The van der Waals surface area contributed by atoms with E-state index < -0.39 is 0 Å². The first-order valence-corrected chi connectivity index (χ1v) is 9.98. The Bertz CT molecular complexity index is 1000. The van der Waals surface area contributed by atoms with Crippen molar-refractivity contribution in [2.24, 2.45) is 11.8 Å². The molecule has 28 heavy (non-hydrogen) atoms. The maximum atomic E-state index is 13.4. The Morgan fingerprint density at radius 1 is 1.18 bits per heavy atom. The Kier molecular flexibility index (Phi) is 4.26. The molecule has 5 heterocycles. The molecule has 1 saturated carbocycles. The molecule has 3 aromatic heterocycles. The Morgan fingerprint density at radius 2 is 2.11 bits per heavy atom. The maximum Gasteiger partial charge on any atom is 0.271 e. The molecule has 3 aromatic rings. The van der Waals surface area contributed by atoms with Crippen molar-refractivity contribution in [2.75, 3.05) is 13.2 Å². The second-order valence-electron chi connectivity index (χ2n) is 7.94. The molecule has 6 nitrogen and oxygen atoms in total. The van der Waals surface area contributed by atoms with Crippen LogP contribution < -0.4 is 4.74 Å². The summed E-state index contributed by atoms with van der Waals surface area (Å²) < 4.78 is 7.84. The summed E-state index contributed by atoms with van der Waals surface area (Å²) in [4.78, 5) is 24.1. The van der Waals surface area contributed by atoms with Crippen molar-refractivity contribution < 1.29 is 9.53 Å². The summed E-state index contributed by atoms with van der Waals surface area (Å²) in [7, 11) is 0. The number of imidazole rings is 1. The Morgan fingerprint density at radius 3 is 2.89 bits per heavy atom. The number of nitrogens with zero attached hydrogens (tertiary/aromatic N) is 4. The number of hydrogen-bond donors (Lipinski definition) is 0. The monoisotopic (exact) mass is 376 g/mol. The highest BCUT2D eigenvalue weighted by Crippen LogP contribution is 2.40. The van der Waals surface area contributed by atoms with E-state index >= 15 is 0 Å². The van der Waals surface area contributed by atoms with Crippen molar-refractivity contribution in [3.8, 4) is 5.88 Å². The van der Waals surface area contributed by atoms with Gasteiger partial charge in [0, 0.05) is 37.2 Å². The first-order valence-electron chi connectivity index (χ1n) is 9.98. The van der Waals surface area contributed by atoms with Gasteiger partial charge < -0.3 is 9.64 Å². The van der Waals surface area contributed by atoms with Gasteiger partial charge >= 0.3 is 0 Å². The lowest BCUT2D eigenvalue weighted by molar-refractivity contribution is -0.00519. The SMILES string of the molecule is Cc1ccc2nccn2c1C(=O)N1CC2CCC1CC2COc1ccccn1. The van der Waals surface area contributed by atoms with Gasteiger partial charge in [-0.05, 0) is 55.7 Å². The fraction of sp³-hybridized carbons (Fsp3) is 0.409. The Balaban J connectivity index is 1.33. The first kappa shape index (κ1) is 17.2. The Labute approximate surface area is 164 Å². The second-order valence-corrected chi connectivity index (χ2v) is 7.94. The summed E-state index contributed by atoms with van der Waals surface area (Å²) in [6, 6.07) is 9.95. The van der Waals surface area contributed by atoms with Crippen LogP contribution in [0, 0.1) is 18.8 Å². The van der Waals surface area contributed by atoms with E-state index in [0.29, 0.717) is 24.3 Å². The van der Waals surface area contributed by atoms with Crippen molar-refractivity contribution in [1.82, 2.24) is 19.3 Å². The first-order chi connectivity index (χ1) is 13.7. The third-order valence-electron chi connectivity index (χ3n) is 6.30. The van der Waals surface area contributed by atoms with Crippen LogP contribution in [0.25, 0.3) is 5.65 Å². The van der Waals surface area contributed by atoms with Gasteiger partial charge in [-0.1, -0.05) is 12.1 Å². The molecule has 3 fully saturated rings. The summed E-state index contributed by atoms with van der Waals surface area (Å²) >= 11 is 0. The summed E-state index contributed by atoms with van der Waals surface area (Å²) in [6.45, 7) is 3.49. The van der Waals surface area contributed by atoms with Crippen LogP contribution >= 0.6 is 0 Å². The van der Waals surface area contributed by atoms with Gasteiger partial charge in [-0.25, -0.2) is 9.97 Å². The van der Waals surface area contributed by atoms with E-state index in [-0.39, 0.29) is 11.9 Å². The van der Waals surface area contributed by atoms with Crippen LogP contribution in [-0.4, -0.2) is 44.4 Å². The van der Waals surface area contributed by atoms with Crippen molar-refractivity contribution in [3.05, 3.63) is 60.2 Å². The highest BCUT2D eigenvalue weighted by Gasteiger charge is 2.43. The zero-order valence-electron chi connectivity index (χ0n) is 16.0. The molecule has 3 unspecified atom stereocenters. The molecule has 2 saturated heterocycles. The number of pyridine rings is 2. The number of piperidine rings is 2. The van der Waals surface area contributed by atoms with E-state index in [4.69, 9.17) is 4.74 Å². The van der Waals surface area contributed by atoms with E-state index in [1.165, 1.54) is 6.42 Å². The average molecular weight is 376 g/mol. The van der Waals surface area contributed by atoms with E-state index in [2.05, 4.69) is 14.9 Å². The molecular formula is C22H24N4O2. The standard InChI is InChI=1S/C22H24N4O2/c1-15-5-8-19-23-10-11-25(19)21(15)22(27)26-13-16-6-7-18(26)12-17(16)14-28-20-4-2-3-9-24-20/h2-5,8-11,16-18H,6-7,12-14H2,1H3. The van der Waals surface area contributed by atoms with E-state index in [1.807, 2.05) is 47.9 Å². The normalized spacial score (nSPS) is 23.9. The summed E-state index contributed by atoms with van der Waals surface area (Å²) in [5, 5.41) is 0. The number of fused-ring (bicyclic) bond motifs is 4. The molecule has 6 rings (SSSR count). The molecule has 0 radical (unpaired) electrons. The van der Waals surface area contributed by atoms with Gasteiger partial charge in [-0.2, -0.15) is 0 Å². The van der Waals surface area contributed by atoms with Gasteiger partial charge in [0.1, 0.15) is 11.3 Å². The number of carbonyl (C=O) groups is 1. The summed E-state index contributed by atoms with van der Waals surface area (Å²) in [6.07, 6.45) is 8.62. The fourth-order valence-electron chi connectivity index (χ4n) is 4.81. The van der Waals surface area contributed by atoms with Gasteiger partial charge in [-0.3, -0.25) is 9.20 Å². The van der Waals surface area contributed by atoms with Gasteiger partial charge in [0.2, 0.25) is 5.88 Å². The van der Waals surface area contributed by atoms with Crippen molar-refractivity contribution >= 4 is 11.6 Å². The Hall–Kier alpha value is -2.89. The third-order valence-corrected chi connectivity index (χ3v) is 6.30. The topological polar surface area (TPSA) is 59.7 Å². The minimum Gasteiger partial charge on any atom is -0.477 e. The van der Waals surface area contributed by atoms with Gasteiger partial charge in [-0.15, -0.1) is 0 Å². The number of ether oxygens (including phenoxy) is 1. The number of amides is 1. The van der Waals surface area contributed by atoms with Gasteiger partial charge in [0.15, 0.2) is 0 Å². The number of carbonyl (C=O) groups excluding carboxylic acids is 1. The molecule has 6 heteroatoms. The van der Waals surface area contributed by atoms with Gasteiger partial charge in [0.05, 0.1) is 6.61 Å². The van der Waals surface area contributed by atoms with Crippen molar-refractivity contribution in [2.45, 2.75) is 32.2 Å². The molecule has 2 aliphatic heterocycles. The van der Waals surface area contributed by atoms with Crippen LogP contribution in [0.4, 0.5) is 0 Å². The van der Waals surface area contributed by atoms with Crippen molar-refractivity contribution in [3.63, 3.8) is 0 Å². The zero-order valence-corrected chi connectivity index (χ0v) is 16.0. The smallest absolute Gasteiger partial charge is 0.271 e. The van der Waals surface area contributed by atoms with Crippen molar-refractivity contribution in [1.29, 1.82) is 0 Å². The van der Waals surface area contributed by atoms with E-state index in [9.17, 15) is 4.79 Å².